The Balaban J connectivity index is 1.24. The van der Waals surface area contributed by atoms with Gasteiger partial charge in [0.05, 0.1) is 59.6 Å². The van der Waals surface area contributed by atoms with E-state index >= 15 is 4.79 Å². The van der Waals surface area contributed by atoms with Crippen molar-refractivity contribution in [3.05, 3.63) is 148 Å². The minimum atomic E-state index is -2.14. The number of nitrogens with one attached hydrogen (secondary N) is 3. The molecule has 0 radical (unpaired) electrons. The molecule has 608 valence electrons. The van der Waals surface area contributed by atoms with Gasteiger partial charge in [0, 0.05) is 32.8 Å². The highest BCUT2D eigenvalue weighted by Gasteiger charge is 2.52. The van der Waals surface area contributed by atoms with Crippen molar-refractivity contribution in [2.75, 3.05) is 5.75 Å². The summed E-state index contributed by atoms with van der Waals surface area (Å²) in [7, 11) is 0. The SMILES string of the molecule is C=C(N=C(O)C(=C)N=C(O)c1csc([C@H]2CC[C@]34N=C(O)[C@H](C)N=C(O)C(=C)N=C(O)[C@H](C)N=C(O)[C@H]([C@H](C)CC)N[C@@H]5C=Cc6c([C@H](C)O)cc(nc6[C@H]5O)C(=O)O[C@H](C)[C@H](N=C(S)c5csc(n5)[C@H]([C@@](C)(O)[C@@H](C)O)N=C(O)[C@H]5CSC(=N5)/C(=C/C)N=C(O)[C@H]([C@@H](C)O)N=C(O)c5csc3n5)c3nc(cs3)[C@H]4N2)n1)C(=N)O. The summed E-state index contributed by atoms with van der Waals surface area (Å²) in [4.78, 5) is 87.7. The largest absolute Gasteiger partial charge is 0.495 e. The van der Waals surface area contributed by atoms with Crippen LogP contribution in [0.25, 0.3) is 6.08 Å². The molecule has 18 N–H and O–H groups in total. The molecule has 0 saturated carbocycles. The first-order valence-corrected chi connectivity index (χ1v) is 40.4. The molecule has 5 aromatic heterocycles. The molecule has 0 unspecified atom stereocenters. The standard InChI is InChI=1S/C72H87N19O17S6/c1-14-26(3)47-62(104)78-30(7)57(99)75-28(5)56(98)76-31(8)58(100)91-72-19-18-40(66-85-43(22-111-66)59(101)77-29(6)55(97)74-27(4)54(73)96)81-52(72)42-21-112-67(83-42)49(34(11)108-69(106)41-20-37(32(9)92)36-16-17-39(79-47)51(95)50(36)80-41)89-64(109)46-25-113-68(86-46)53(71(13,107)35(12)94)90-61(103)44-23-110-65(84-44)38(15-2)82-63(105)48(33(10)93)88-60(102)45-24-114-70(72)87-45/h15-17,20-22,24-26,30-35,39-40,44,47-49,51-53,79,81,92-95,107H,4-6,14,18-19,23H2,1-3,7-13H3,(H2,73,96)(H,74,97)(H,75,99)(H,76,98)(H,77,101)(H,78,104)(H,82,105)(H,88,102)(H,89,109)(H,90,103)(H,91,100)/b38-15-/t26-,30+,31+,32+,33-,34-,35-,39-,40-,44-,47+,48+,49+,51+,52-,53-,71+,72-/m1/s1. The minimum Gasteiger partial charge on any atom is -0.495 e. The monoisotopic (exact) mass is 1680 g/mol. The third-order valence-corrected chi connectivity index (χ3v) is 24.4. The summed E-state index contributed by atoms with van der Waals surface area (Å²) in [5.41, 5.74) is -5.92. The smallest absolute Gasteiger partial charge is 0.357 e. The summed E-state index contributed by atoms with van der Waals surface area (Å²) in [6.45, 7) is 25.6. The fourth-order valence-electron chi connectivity index (χ4n) is 12.2. The molecule has 4 aliphatic heterocycles. The number of thiol groups is 1. The Bertz CT molecular complexity index is 4990. The van der Waals surface area contributed by atoms with Crippen molar-refractivity contribution in [3.63, 3.8) is 0 Å². The van der Waals surface area contributed by atoms with Crippen molar-refractivity contribution >= 4 is 151 Å². The third-order valence-electron chi connectivity index (χ3n) is 19.2. The number of fused-ring (bicyclic) bond motifs is 7. The zero-order valence-electron chi connectivity index (χ0n) is 63.0. The van der Waals surface area contributed by atoms with Crippen molar-refractivity contribution in [2.45, 2.75) is 191 Å². The number of carbonyl (C=O) groups excluding carboxylic acids is 1. The normalized spacial score (nSPS) is 28.0. The maximum Gasteiger partial charge on any atom is 0.357 e. The number of ether oxygens (including phenoxy) is 1. The lowest BCUT2D eigenvalue weighted by Gasteiger charge is -2.43. The number of aliphatic hydroxyl groups excluding tert-OH is 14. The Hall–Kier alpha value is -9.70. The van der Waals surface area contributed by atoms with E-state index in [2.05, 4.69) is 80.3 Å². The molecule has 5 aromatic rings. The maximum atomic E-state index is 15.1. The number of piperidine rings is 1. The number of nitrogens with zero attached hydrogens (tertiary/aromatic N) is 16. The molecule has 5 aliphatic rings. The van der Waals surface area contributed by atoms with Gasteiger partial charge in [0.15, 0.2) is 11.9 Å². The van der Waals surface area contributed by atoms with E-state index in [9.17, 15) is 76.6 Å². The van der Waals surface area contributed by atoms with Gasteiger partial charge in [-0.15, -0.1) is 69.7 Å². The summed E-state index contributed by atoms with van der Waals surface area (Å²) < 4.78 is 6.37. The molecule has 36 nitrogen and oxygen atoms in total. The predicted molar refractivity (Wildman–Crippen MR) is 444 cm³/mol. The van der Waals surface area contributed by atoms with Crippen LogP contribution >= 0.6 is 69.7 Å². The second-order valence-electron chi connectivity index (χ2n) is 27.5. The molecule has 114 heavy (non-hydrogen) atoms. The summed E-state index contributed by atoms with van der Waals surface area (Å²) in [6.07, 6.45) is -2.33. The first-order chi connectivity index (χ1) is 53.7. The van der Waals surface area contributed by atoms with Crippen LogP contribution in [-0.2, 0) is 10.3 Å². The predicted octanol–water partition coefficient (Wildman–Crippen LogP) is 9.64. The fraction of sp³-hybridized carbons (Fsp3) is 0.444. The molecule has 1 aliphatic carbocycles. The number of esters is 1. The number of pyridine rings is 1. The lowest BCUT2D eigenvalue weighted by Crippen LogP contribution is -2.49. The van der Waals surface area contributed by atoms with Gasteiger partial charge in [-0.05, 0) is 85.8 Å². The summed E-state index contributed by atoms with van der Waals surface area (Å²) in [5.74, 6) is -9.37. The molecule has 10 rings (SSSR count). The average molecular weight is 1680 g/mol. The molecule has 0 aromatic carbocycles. The van der Waals surface area contributed by atoms with Gasteiger partial charge in [-0.1, -0.05) is 58.2 Å². The lowest BCUT2D eigenvalue weighted by molar-refractivity contribution is -0.0698. The van der Waals surface area contributed by atoms with Crippen molar-refractivity contribution < 1.29 is 86.1 Å². The van der Waals surface area contributed by atoms with Crippen LogP contribution in [0.3, 0.4) is 0 Å². The number of allylic oxidation sites excluding steroid dienone is 1. The Labute approximate surface area is 678 Å². The van der Waals surface area contributed by atoms with Crippen molar-refractivity contribution in [3.8, 4) is 0 Å². The van der Waals surface area contributed by atoms with Crippen molar-refractivity contribution in [1.29, 1.82) is 5.41 Å². The lowest BCUT2D eigenvalue weighted by atomic mass is 9.79. The third kappa shape index (κ3) is 19.0. The van der Waals surface area contributed by atoms with E-state index < -0.39 is 190 Å². The van der Waals surface area contributed by atoms with Gasteiger partial charge in [-0.2, -0.15) is 0 Å². The molecule has 1 saturated heterocycles. The first-order valence-electron chi connectivity index (χ1n) is 35.4. The maximum absolute atomic E-state index is 15.1. The second-order valence-corrected chi connectivity index (χ2v) is 32.4. The molecular formula is C72H87N19O17S6. The van der Waals surface area contributed by atoms with E-state index in [1.807, 2.05) is 6.92 Å². The highest BCUT2D eigenvalue weighted by Crippen LogP contribution is 2.51. The first kappa shape index (κ1) is 86.7. The minimum absolute atomic E-state index is 0.0104. The van der Waals surface area contributed by atoms with E-state index in [0.717, 1.165) is 57.1 Å². The number of thiazole rings is 4. The highest BCUT2D eigenvalue weighted by molar-refractivity contribution is 8.14. The van der Waals surface area contributed by atoms with E-state index in [1.165, 1.54) is 76.7 Å². The van der Waals surface area contributed by atoms with Crippen LogP contribution < -0.4 is 10.6 Å². The number of hydrogen-bond acceptors (Lipinski definition) is 31. The van der Waals surface area contributed by atoms with Gasteiger partial charge in [0.1, 0.15) is 124 Å². The number of carbonyl (C=O) groups is 1. The van der Waals surface area contributed by atoms with Crippen molar-refractivity contribution in [1.82, 2.24) is 35.6 Å². The van der Waals surface area contributed by atoms with Crippen LogP contribution in [0.15, 0.2) is 137 Å². The van der Waals surface area contributed by atoms with Gasteiger partial charge in [-0.25, -0.2) is 74.6 Å². The van der Waals surface area contributed by atoms with Crippen LogP contribution in [-0.4, -0.2) is 242 Å². The van der Waals surface area contributed by atoms with Crippen LogP contribution in [0, 0.1) is 11.3 Å². The zero-order chi connectivity index (χ0) is 83.4. The van der Waals surface area contributed by atoms with Crippen LogP contribution in [0.4, 0.5) is 0 Å². The van der Waals surface area contributed by atoms with Gasteiger partial charge in [0.25, 0.3) is 0 Å². The molecule has 9 heterocycles. The van der Waals surface area contributed by atoms with Crippen molar-refractivity contribution in [2.24, 2.45) is 60.8 Å². The second kappa shape index (κ2) is 36.0. The molecule has 1 fully saturated rings. The molecule has 18 atom stereocenters. The Kier molecular flexibility index (Phi) is 27.4. The van der Waals surface area contributed by atoms with Gasteiger partial charge >= 0.3 is 5.97 Å². The van der Waals surface area contributed by atoms with Gasteiger partial charge in [0.2, 0.25) is 53.1 Å². The topological polar surface area (TPSA) is 578 Å². The number of thioether (sulfide) groups is 1. The number of hydrogen-bond donors (Lipinski definition) is 19. The van der Waals surface area contributed by atoms with E-state index in [4.69, 9.17) is 52.7 Å². The summed E-state index contributed by atoms with van der Waals surface area (Å²) >= 11 is 9.90. The average Bonchev–Trinajstić information content (AvgIpc) is 1.47. The molecule has 0 amide bonds. The van der Waals surface area contributed by atoms with Gasteiger partial charge < -0.3 is 81.3 Å². The number of aromatic nitrogens is 5. The van der Waals surface area contributed by atoms with Gasteiger partial charge in [-0.3, -0.25) is 26.0 Å². The van der Waals surface area contributed by atoms with E-state index in [-0.39, 0.29) is 99.7 Å². The Morgan fingerprint density at radius 2 is 1.48 bits per heavy atom. The van der Waals surface area contributed by atoms with Crippen LogP contribution in [0.5, 0.6) is 0 Å². The molecule has 42 heteroatoms. The number of aliphatic hydroxyl groups is 15. The van der Waals surface area contributed by atoms with Crippen LogP contribution in [0.1, 0.15) is 195 Å². The van der Waals surface area contributed by atoms with E-state index in [0.29, 0.717) is 6.42 Å². The fourth-order valence-corrected chi connectivity index (χ4v) is 17.4. The quantitative estimate of drug-likeness (QED) is 0.0239. The van der Waals surface area contributed by atoms with E-state index in [1.54, 1.807) is 31.4 Å². The summed E-state index contributed by atoms with van der Waals surface area (Å²) in [5, 5.41) is 194. The number of cyclic esters (lactones) is 1. The molecule has 0 spiro atoms. The number of rotatable bonds is 12. The molecular weight excluding hydrogens is 1600 g/mol. The Morgan fingerprint density at radius 1 is 0.789 bits per heavy atom. The Morgan fingerprint density at radius 3 is 2.16 bits per heavy atom. The number of aliphatic imine (C=N–C) groups is 11. The highest BCUT2D eigenvalue weighted by atomic mass is 32.2. The zero-order valence-corrected chi connectivity index (χ0v) is 68.0. The van der Waals surface area contributed by atoms with Crippen LogP contribution in [0.2, 0.25) is 0 Å². The molecule has 13 bridgehead atoms. The summed E-state index contributed by atoms with van der Waals surface area (Å²) in [6, 6.07) is -11.6.